The largest absolute Gasteiger partial charge is 0.382 e. The molecule has 0 saturated heterocycles. The Hall–Kier alpha value is -1.78. The Morgan fingerprint density at radius 1 is 1.40 bits per heavy atom. The first kappa shape index (κ1) is 9.76. The number of aryl methyl sites for hydroxylation is 2. The van der Waals surface area contributed by atoms with Gasteiger partial charge in [0.1, 0.15) is 5.82 Å². The van der Waals surface area contributed by atoms with Crippen molar-refractivity contribution >= 4 is 5.69 Å². The third-order valence-electron chi connectivity index (χ3n) is 2.30. The van der Waals surface area contributed by atoms with E-state index < -0.39 is 0 Å². The van der Waals surface area contributed by atoms with E-state index in [1.807, 2.05) is 43.4 Å². The molecule has 1 N–H and O–H groups in total. The second-order valence-corrected chi connectivity index (χ2v) is 3.53. The smallest absolute Gasteiger partial charge is 0.110 e. The molecule has 0 atom stereocenters. The molecule has 0 fully saturated rings. The van der Waals surface area contributed by atoms with E-state index in [0.29, 0.717) is 0 Å². The van der Waals surface area contributed by atoms with Gasteiger partial charge in [-0.3, -0.25) is 4.68 Å². The summed E-state index contributed by atoms with van der Waals surface area (Å²) in [4.78, 5) is 4.25. The Bertz CT molecular complexity index is 428. The number of aromatic nitrogens is 4. The predicted octanol–water partition coefficient (Wildman–Crippen LogP) is 0.808. The van der Waals surface area contributed by atoms with Crippen LogP contribution in [-0.2, 0) is 20.5 Å². The summed E-state index contributed by atoms with van der Waals surface area (Å²) in [6.07, 6.45) is 8.47. The minimum Gasteiger partial charge on any atom is -0.382 e. The molecule has 0 amide bonds. The standard InChI is InChI=1S/C10H15N5/c1-14-6-5-12-10(14)3-4-11-9-7-13-15(2)8-9/h5-8,11H,3-4H2,1-2H3. The highest BCUT2D eigenvalue weighted by molar-refractivity contribution is 5.37. The highest BCUT2D eigenvalue weighted by Gasteiger charge is 1.99. The zero-order chi connectivity index (χ0) is 10.7. The fourth-order valence-electron chi connectivity index (χ4n) is 1.47. The minimum absolute atomic E-state index is 0.872. The monoisotopic (exact) mass is 205 g/mol. The summed E-state index contributed by atoms with van der Waals surface area (Å²) < 4.78 is 3.81. The summed E-state index contributed by atoms with van der Waals surface area (Å²) >= 11 is 0. The van der Waals surface area contributed by atoms with Crippen molar-refractivity contribution in [2.75, 3.05) is 11.9 Å². The number of nitrogens with one attached hydrogen (secondary N) is 1. The maximum absolute atomic E-state index is 4.25. The van der Waals surface area contributed by atoms with E-state index in [9.17, 15) is 0 Å². The van der Waals surface area contributed by atoms with Crippen LogP contribution >= 0.6 is 0 Å². The van der Waals surface area contributed by atoms with Crippen LogP contribution in [0.25, 0.3) is 0 Å². The Balaban J connectivity index is 1.83. The number of anilines is 1. The lowest BCUT2D eigenvalue weighted by molar-refractivity contribution is 0.767. The molecule has 2 aromatic heterocycles. The van der Waals surface area contributed by atoms with Gasteiger partial charge in [0.25, 0.3) is 0 Å². The molecule has 0 bridgehead atoms. The van der Waals surface area contributed by atoms with Gasteiger partial charge in [0.2, 0.25) is 0 Å². The van der Waals surface area contributed by atoms with Gasteiger partial charge < -0.3 is 9.88 Å². The maximum Gasteiger partial charge on any atom is 0.110 e. The predicted molar refractivity (Wildman–Crippen MR) is 58.6 cm³/mol. The van der Waals surface area contributed by atoms with E-state index in [4.69, 9.17) is 0 Å². The number of rotatable bonds is 4. The van der Waals surface area contributed by atoms with Crippen LogP contribution in [0.5, 0.6) is 0 Å². The van der Waals surface area contributed by atoms with E-state index in [-0.39, 0.29) is 0 Å². The number of imidazole rings is 1. The molecule has 0 aliphatic heterocycles. The summed E-state index contributed by atoms with van der Waals surface area (Å²) in [5.74, 6) is 1.09. The average Bonchev–Trinajstić information content (AvgIpc) is 2.77. The zero-order valence-corrected chi connectivity index (χ0v) is 9.01. The fourth-order valence-corrected chi connectivity index (χ4v) is 1.47. The lowest BCUT2D eigenvalue weighted by Gasteiger charge is -2.03. The summed E-state index contributed by atoms with van der Waals surface area (Å²) in [6, 6.07) is 0. The lowest BCUT2D eigenvalue weighted by atomic mass is 10.4. The molecule has 2 aromatic rings. The molecule has 0 spiro atoms. The molecule has 5 nitrogen and oxygen atoms in total. The van der Waals surface area contributed by atoms with Gasteiger partial charge in [0, 0.05) is 45.7 Å². The van der Waals surface area contributed by atoms with Crippen LogP contribution in [0.2, 0.25) is 0 Å². The highest BCUT2D eigenvalue weighted by atomic mass is 15.3. The zero-order valence-electron chi connectivity index (χ0n) is 9.01. The van der Waals surface area contributed by atoms with Crippen molar-refractivity contribution in [3.05, 3.63) is 30.6 Å². The van der Waals surface area contributed by atoms with E-state index in [1.54, 1.807) is 4.68 Å². The minimum atomic E-state index is 0.872. The first-order valence-corrected chi connectivity index (χ1v) is 4.94. The van der Waals surface area contributed by atoms with Gasteiger partial charge in [0.05, 0.1) is 11.9 Å². The van der Waals surface area contributed by atoms with Crippen molar-refractivity contribution in [2.24, 2.45) is 14.1 Å². The van der Waals surface area contributed by atoms with Gasteiger partial charge in [-0.15, -0.1) is 0 Å². The maximum atomic E-state index is 4.25. The van der Waals surface area contributed by atoms with Crippen LogP contribution in [0, 0.1) is 0 Å². The molecule has 0 radical (unpaired) electrons. The van der Waals surface area contributed by atoms with Gasteiger partial charge >= 0.3 is 0 Å². The molecule has 0 aliphatic carbocycles. The lowest BCUT2D eigenvalue weighted by Crippen LogP contribution is -2.08. The van der Waals surface area contributed by atoms with Crippen LogP contribution in [0.1, 0.15) is 5.82 Å². The Kier molecular flexibility index (Phi) is 2.71. The van der Waals surface area contributed by atoms with Gasteiger partial charge in [-0.05, 0) is 0 Å². The number of hydrogen-bond donors (Lipinski definition) is 1. The van der Waals surface area contributed by atoms with Gasteiger partial charge in [-0.25, -0.2) is 4.98 Å². The summed E-state index contributed by atoms with van der Waals surface area (Å²) in [5.41, 5.74) is 1.05. The Morgan fingerprint density at radius 2 is 2.27 bits per heavy atom. The Morgan fingerprint density at radius 3 is 2.87 bits per heavy atom. The van der Waals surface area contributed by atoms with Gasteiger partial charge in [-0.1, -0.05) is 0 Å². The molecule has 80 valence electrons. The molecule has 0 aromatic carbocycles. The van der Waals surface area contributed by atoms with Crippen LogP contribution in [0.3, 0.4) is 0 Å². The first-order valence-electron chi connectivity index (χ1n) is 4.94. The van der Waals surface area contributed by atoms with Crippen molar-refractivity contribution in [1.82, 2.24) is 19.3 Å². The van der Waals surface area contributed by atoms with Crippen molar-refractivity contribution in [2.45, 2.75) is 6.42 Å². The van der Waals surface area contributed by atoms with Crippen molar-refractivity contribution in [3.63, 3.8) is 0 Å². The van der Waals surface area contributed by atoms with Crippen molar-refractivity contribution in [3.8, 4) is 0 Å². The van der Waals surface area contributed by atoms with Crippen LogP contribution in [-0.4, -0.2) is 25.9 Å². The van der Waals surface area contributed by atoms with Gasteiger partial charge in [-0.2, -0.15) is 5.10 Å². The SMILES string of the molecule is Cn1cc(NCCc2nccn2C)cn1. The number of nitrogens with zero attached hydrogens (tertiary/aromatic N) is 4. The first-order chi connectivity index (χ1) is 7.25. The topological polar surface area (TPSA) is 47.7 Å². The number of hydrogen-bond acceptors (Lipinski definition) is 3. The summed E-state index contributed by atoms with van der Waals surface area (Å²) in [6.45, 7) is 0.872. The average molecular weight is 205 g/mol. The van der Waals surface area contributed by atoms with Crippen LogP contribution < -0.4 is 5.32 Å². The van der Waals surface area contributed by atoms with E-state index in [1.165, 1.54) is 0 Å². The van der Waals surface area contributed by atoms with Crippen LogP contribution in [0.15, 0.2) is 24.8 Å². The molecular formula is C10H15N5. The van der Waals surface area contributed by atoms with Crippen LogP contribution in [0.4, 0.5) is 5.69 Å². The molecule has 15 heavy (non-hydrogen) atoms. The highest BCUT2D eigenvalue weighted by Crippen LogP contribution is 2.03. The third-order valence-corrected chi connectivity index (χ3v) is 2.30. The van der Waals surface area contributed by atoms with E-state index >= 15 is 0 Å². The van der Waals surface area contributed by atoms with Crippen molar-refractivity contribution in [1.29, 1.82) is 0 Å². The molecule has 0 aliphatic rings. The third kappa shape index (κ3) is 2.37. The Labute approximate surface area is 88.7 Å². The molecule has 2 heterocycles. The second-order valence-electron chi connectivity index (χ2n) is 3.53. The fraction of sp³-hybridized carbons (Fsp3) is 0.400. The molecule has 5 heteroatoms. The van der Waals surface area contributed by atoms with Crippen molar-refractivity contribution < 1.29 is 0 Å². The molecule has 0 saturated carbocycles. The van der Waals surface area contributed by atoms with E-state index in [2.05, 4.69) is 15.4 Å². The van der Waals surface area contributed by atoms with E-state index in [0.717, 1.165) is 24.5 Å². The normalized spacial score (nSPS) is 10.5. The second kappa shape index (κ2) is 4.16. The van der Waals surface area contributed by atoms with Gasteiger partial charge in [0.15, 0.2) is 0 Å². The summed E-state index contributed by atoms with van der Waals surface area (Å²) in [5, 5.41) is 7.38. The quantitative estimate of drug-likeness (QED) is 0.803. The molecule has 0 unspecified atom stereocenters. The molecular weight excluding hydrogens is 190 g/mol. The summed E-state index contributed by atoms with van der Waals surface area (Å²) in [7, 11) is 3.91. The molecule has 2 rings (SSSR count).